The van der Waals surface area contributed by atoms with Crippen molar-refractivity contribution in [1.82, 2.24) is 9.97 Å². The molecule has 0 amide bonds. The van der Waals surface area contributed by atoms with E-state index < -0.39 is 0 Å². The molecule has 5 heteroatoms. The summed E-state index contributed by atoms with van der Waals surface area (Å²) in [6.45, 7) is 2.06. The van der Waals surface area contributed by atoms with Crippen LogP contribution < -0.4 is 14.8 Å². The van der Waals surface area contributed by atoms with Crippen LogP contribution in [0.15, 0.2) is 42.5 Å². The van der Waals surface area contributed by atoms with Crippen LogP contribution in [0.2, 0.25) is 0 Å². The van der Waals surface area contributed by atoms with Gasteiger partial charge in [0.05, 0.1) is 11.0 Å². The molecule has 4 rings (SSSR count). The van der Waals surface area contributed by atoms with E-state index >= 15 is 0 Å². The predicted molar refractivity (Wildman–Crippen MR) is 90.3 cm³/mol. The predicted octanol–water partition coefficient (Wildman–Crippen LogP) is 3.38. The first-order valence-electron chi connectivity index (χ1n) is 7.96. The van der Waals surface area contributed by atoms with Gasteiger partial charge in [-0.3, -0.25) is 0 Å². The van der Waals surface area contributed by atoms with Crippen LogP contribution in [-0.4, -0.2) is 29.7 Å². The molecule has 2 N–H and O–H groups in total. The second kappa shape index (κ2) is 6.20. The maximum Gasteiger partial charge on any atom is 0.201 e. The minimum Gasteiger partial charge on any atom is -0.486 e. The van der Waals surface area contributed by atoms with E-state index in [0.717, 1.165) is 47.9 Å². The van der Waals surface area contributed by atoms with Crippen molar-refractivity contribution in [1.29, 1.82) is 0 Å². The lowest BCUT2D eigenvalue weighted by Crippen LogP contribution is -2.15. The molecule has 2 heterocycles. The average molecular weight is 309 g/mol. The zero-order valence-corrected chi connectivity index (χ0v) is 12.8. The van der Waals surface area contributed by atoms with E-state index in [1.165, 1.54) is 5.56 Å². The molecule has 0 fully saturated rings. The van der Waals surface area contributed by atoms with E-state index in [0.29, 0.717) is 13.2 Å². The first kappa shape index (κ1) is 13.9. The number of H-pyrrole nitrogens is 1. The van der Waals surface area contributed by atoms with Crippen molar-refractivity contribution in [3.8, 4) is 11.5 Å². The number of anilines is 1. The van der Waals surface area contributed by atoms with Gasteiger partial charge in [0.2, 0.25) is 5.95 Å². The molecular weight excluding hydrogens is 290 g/mol. The summed E-state index contributed by atoms with van der Waals surface area (Å²) in [5, 5.41) is 3.35. The van der Waals surface area contributed by atoms with E-state index in [4.69, 9.17) is 9.47 Å². The lowest BCUT2D eigenvalue weighted by Gasteiger charge is -2.17. The smallest absolute Gasteiger partial charge is 0.201 e. The highest BCUT2D eigenvalue weighted by atomic mass is 16.6. The molecule has 0 spiro atoms. The van der Waals surface area contributed by atoms with Crippen LogP contribution >= 0.6 is 0 Å². The molecule has 0 aliphatic carbocycles. The number of aromatic amines is 1. The van der Waals surface area contributed by atoms with Crippen molar-refractivity contribution < 1.29 is 9.47 Å². The summed E-state index contributed by atoms with van der Waals surface area (Å²) in [6.07, 6.45) is 2.12. The Bertz CT molecular complexity index is 756. The Morgan fingerprint density at radius 3 is 2.65 bits per heavy atom. The van der Waals surface area contributed by atoms with Crippen LogP contribution in [0.25, 0.3) is 11.0 Å². The van der Waals surface area contributed by atoms with Crippen LogP contribution in [0.5, 0.6) is 11.5 Å². The zero-order valence-electron chi connectivity index (χ0n) is 12.8. The van der Waals surface area contributed by atoms with Crippen LogP contribution in [0.1, 0.15) is 12.0 Å². The molecule has 0 radical (unpaired) electrons. The van der Waals surface area contributed by atoms with Gasteiger partial charge in [0, 0.05) is 18.7 Å². The minimum absolute atomic E-state index is 0.591. The lowest BCUT2D eigenvalue weighted by molar-refractivity contribution is 0.172. The van der Waals surface area contributed by atoms with E-state index in [2.05, 4.69) is 39.6 Å². The number of aromatic nitrogens is 2. The number of aryl methyl sites for hydroxylation is 1. The number of rotatable bonds is 5. The summed E-state index contributed by atoms with van der Waals surface area (Å²) in [7, 11) is 0. The number of fused-ring (bicyclic) bond motifs is 2. The van der Waals surface area contributed by atoms with Crippen LogP contribution in [0, 0.1) is 0 Å². The van der Waals surface area contributed by atoms with Gasteiger partial charge in [-0.25, -0.2) is 4.98 Å². The maximum atomic E-state index is 5.60. The lowest BCUT2D eigenvalue weighted by atomic mass is 10.1. The second-order valence-electron chi connectivity index (χ2n) is 5.61. The third-order valence-electron chi connectivity index (χ3n) is 3.92. The minimum atomic E-state index is 0.591. The van der Waals surface area contributed by atoms with Crippen molar-refractivity contribution in [3.63, 3.8) is 0 Å². The molecule has 0 unspecified atom stereocenters. The second-order valence-corrected chi connectivity index (χ2v) is 5.61. The standard InChI is InChI=1S/C18H19N3O2/c1-2-5-13(6-3-1)7-4-8-19-18-20-14-11-16-17(12-15(14)21-18)23-10-9-22-16/h1-3,5-6,11-12H,4,7-10H2,(H2,19,20,21). The Balaban J connectivity index is 1.39. The number of hydrogen-bond acceptors (Lipinski definition) is 4. The number of imidazole rings is 1. The summed E-state index contributed by atoms with van der Waals surface area (Å²) in [5.41, 5.74) is 3.21. The van der Waals surface area contributed by atoms with Gasteiger partial charge in [-0.15, -0.1) is 0 Å². The number of hydrogen-bond donors (Lipinski definition) is 2. The molecule has 0 saturated carbocycles. The van der Waals surface area contributed by atoms with Gasteiger partial charge in [-0.05, 0) is 18.4 Å². The van der Waals surface area contributed by atoms with E-state index in [-0.39, 0.29) is 0 Å². The van der Waals surface area contributed by atoms with Crippen LogP contribution in [-0.2, 0) is 6.42 Å². The van der Waals surface area contributed by atoms with E-state index in [1.807, 2.05) is 18.2 Å². The van der Waals surface area contributed by atoms with Crippen molar-refractivity contribution in [2.24, 2.45) is 0 Å². The number of nitrogens with zero attached hydrogens (tertiary/aromatic N) is 1. The van der Waals surface area contributed by atoms with Crippen molar-refractivity contribution in [2.75, 3.05) is 25.1 Å². The molecule has 0 bridgehead atoms. The molecule has 1 aromatic heterocycles. The molecule has 0 saturated heterocycles. The highest BCUT2D eigenvalue weighted by Gasteiger charge is 2.14. The summed E-state index contributed by atoms with van der Waals surface area (Å²) in [6, 6.07) is 14.4. The number of nitrogens with one attached hydrogen (secondary N) is 2. The van der Waals surface area contributed by atoms with E-state index in [1.54, 1.807) is 0 Å². The van der Waals surface area contributed by atoms with Gasteiger partial charge in [-0.1, -0.05) is 30.3 Å². The third kappa shape index (κ3) is 3.08. The van der Waals surface area contributed by atoms with Crippen LogP contribution in [0.4, 0.5) is 5.95 Å². The maximum absolute atomic E-state index is 5.60. The van der Waals surface area contributed by atoms with Crippen molar-refractivity contribution in [2.45, 2.75) is 12.8 Å². The van der Waals surface area contributed by atoms with Gasteiger partial charge in [0.15, 0.2) is 11.5 Å². The summed E-state index contributed by atoms with van der Waals surface area (Å²) >= 11 is 0. The first-order chi connectivity index (χ1) is 11.4. The van der Waals surface area contributed by atoms with Crippen LogP contribution in [0.3, 0.4) is 0 Å². The molecule has 3 aromatic rings. The highest BCUT2D eigenvalue weighted by molar-refractivity contribution is 5.81. The van der Waals surface area contributed by atoms with Gasteiger partial charge < -0.3 is 19.8 Å². The Morgan fingerprint density at radius 2 is 1.83 bits per heavy atom. The average Bonchev–Trinajstić information content (AvgIpc) is 2.99. The largest absolute Gasteiger partial charge is 0.486 e. The first-order valence-corrected chi connectivity index (χ1v) is 7.96. The van der Waals surface area contributed by atoms with Gasteiger partial charge in [-0.2, -0.15) is 0 Å². The molecule has 2 aromatic carbocycles. The zero-order chi connectivity index (χ0) is 15.5. The fourth-order valence-corrected chi connectivity index (χ4v) is 2.77. The van der Waals surface area contributed by atoms with Gasteiger partial charge >= 0.3 is 0 Å². The van der Waals surface area contributed by atoms with E-state index in [9.17, 15) is 0 Å². The van der Waals surface area contributed by atoms with Crippen molar-refractivity contribution in [3.05, 3.63) is 48.0 Å². The third-order valence-corrected chi connectivity index (χ3v) is 3.92. The Morgan fingerprint density at radius 1 is 1.04 bits per heavy atom. The molecule has 118 valence electrons. The SMILES string of the molecule is c1ccc(CCCNc2nc3cc4c(cc3[nH]2)OCCO4)cc1. The Hall–Kier alpha value is -2.69. The molecule has 23 heavy (non-hydrogen) atoms. The monoisotopic (exact) mass is 309 g/mol. The molecule has 1 aliphatic heterocycles. The normalized spacial score (nSPS) is 13.2. The molecule has 1 aliphatic rings. The molecular formula is C18H19N3O2. The summed E-state index contributed by atoms with van der Waals surface area (Å²) < 4.78 is 11.2. The van der Waals surface area contributed by atoms with Gasteiger partial charge in [0.25, 0.3) is 0 Å². The highest BCUT2D eigenvalue weighted by Crippen LogP contribution is 2.34. The Labute approximate surface area is 134 Å². The number of ether oxygens (including phenoxy) is 2. The number of benzene rings is 2. The summed E-state index contributed by atoms with van der Waals surface area (Å²) in [4.78, 5) is 7.85. The van der Waals surface area contributed by atoms with Gasteiger partial charge in [0.1, 0.15) is 13.2 Å². The fourth-order valence-electron chi connectivity index (χ4n) is 2.77. The molecule has 0 atom stereocenters. The topological polar surface area (TPSA) is 59.2 Å². The fraction of sp³-hybridized carbons (Fsp3) is 0.278. The van der Waals surface area contributed by atoms with Crippen molar-refractivity contribution >= 4 is 17.0 Å². The molecule has 5 nitrogen and oxygen atoms in total. The summed E-state index contributed by atoms with van der Waals surface area (Å²) in [5.74, 6) is 2.34. The quantitative estimate of drug-likeness (QED) is 0.709. The Kier molecular flexibility index (Phi) is 3.76.